The van der Waals surface area contributed by atoms with Crippen molar-refractivity contribution in [1.29, 1.82) is 0 Å². The zero-order chi connectivity index (χ0) is 17.1. The molecule has 0 radical (unpaired) electrons. The molecule has 0 aliphatic carbocycles. The molecular weight excluding hydrogens is 324 g/mol. The molecule has 25 heavy (non-hydrogen) atoms. The highest BCUT2D eigenvalue weighted by atomic mass is 32.1. The van der Waals surface area contributed by atoms with E-state index in [1.54, 1.807) is 11.3 Å². The number of rotatable bonds is 4. The molecule has 0 saturated carbocycles. The summed E-state index contributed by atoms with van der Waals surface area (Å²) in [6.45, 7) is 0. The van der Waals surface area contributed by atoms with Gasteiger partial charge in [0.15, 0.2) is 5.00 Å². The fourth-order valence-corrected chi connectivity index (χ4v) is 4.15. The summed E-state index contributed by atoms with van der Waals surface area (Å²) in [5.74, 6) is 0. The Balaban J connectivity index is 1.87. The third-order valence-electron chi connectivity index (χ3n) is 4.15. The van der Waals surface area contributed by atoms with E-state index in [4.69, 9.17) is 0 Å². The van der Waals surface area contributed by atoms with Gasteiger partial charge < -0.3 is 5.32 Å². The van der Waals surface area contributed by atoms with E-state index in [9.17, 15) is 0 Å². The Morgan fingerprint density at radius 3 is 1.80 bits per heavy atom. The van der Waals surface area contributed by atoms with Crippen LogP contribution in [0.3, 0.4) is 0 Å². The van der Waals surface area contributed by atoms with Crippen molar-refractivity contribution in [3.05, 3.63) is 91.0 Å². The fraction of sp³-hybridized carbons (Fsp3) is 0.0455. The van der Waals surface area contributed by atoms with Gasteiger partial charge in [-0.3, -0.25) is 0 Å². The van der Waals surface area contributed by atoms with Gasteiger partial charge >= 0.3 is 0 Å². The summed E-state index contributed by atoms with van der Waals surface area (Å²) in [7, 11) is 2.14. The number of nitrogens with zero attached hydrogens (tertiary/aromatic N) is 1. The van der Waals surface area contributed by atoms with Crippen molar-refractivity contribution in [3.63, 3.8) is 0 Å². The first-order valence-corrected chi connectivity index (χ1v) is 9.10. The summed E-state index contributed by atoms with van der Waals surface area (Å²) in [6, 6.07) is 31.4. The normalized spacial score (nSPS) is 10.6. The Kier molecular flexibility index (Phi) is 4.32. The number of nitrogens with one attached hydrogen (secondary N) is 1. The lowest BCUT2D eigenvalue weighted by atomic mass is 10.1. The monoisotopic (exact) mass is 343 g/mol. The molecule has 0 aliphatic heterocycles. The topological polar surface area (TPSA) is 15.9 Å². The van der Waals surface area contributed by atoms with Crippen molar-refractivity contribution in [2.24, 2.45) is 7.05 Å². The highest BCUT2D eigenvalue weighted by Crippen LogP contribution is 2.37. The lowest BCUT2D eigenvalue weighted by molar-refractivity contribution is -0.644. The number of thiazole rings is 1. The molecule has 0 saturated heterocycles. The lowest BCUT2D eigenvalue weighted by Gasteiger charge is -2.04. The van der Waals surface area contributed by atoms with E-state index in [1.807, 2.05) is 6.07 Å². The Labute approximate surface area is 152 Å². The van der Waals surface area contributed by atoms with Crippen LogP contribution in [0.15, 0.2) is 91.0 Å². The van der Waals surface area contributed by atoms with Crippen LogP contribution in [0.1, 0.15) is 0 Å². The zero-order valence-corrected chi connectivity index (χ0v) is 14.8. The minimum Gasteiger partial charge on any atom is -0.342 e. The molecule has 0 atom stereocenters. The first kappa shape index (κ1) is 15.6. The van der Waals surface area contributed by atoms with Gasteiger partial charge in [0.05, 0.1) is 5.56 Å². The van der Waals surface area contributed by atoms with E-state index in [0.29, 0.717) is 0 Å². The van der Waals surface area contributed by atoms with Crippen molar-refractivity contribution in [3.8, 4) is 21.8 Å². The molecule has 0 unspecified atom stereocenters. The molecule has 4 rings (SSSR count). The Morgan fingerprint density at radius 1 is 0.680 bits per heavy atom. The second-order valence-corrected chi connectivity index (χ2v) is 6.87. The zero-order valence-electron chi connectivity index (χ0n) is 14.0. The third kappa shape index (κ3) is 3.19. The SMILES string of the molecule is C[n+]1c(-c2ccccc2)sc(Nc2ccccc2)c1-c1ccccc1. The van der Waals surface area contributed by atoms with Crippen molar-refractivity contribution in [1.82, 2.24) is 0 Å². The molecule has 0 spiro atoms. The molecule has 122 valence electrons. The van der Waals surface area contributed by atoms with Crippen LogP contribution in [0.2, 0.25) is 0 Å². The maximum Gasteiger partial charge on any atom is 0.271 e. The quantitative estimate of drug-likeness (QED) is 0.473. The summed E-state index contributed by atoms with van der Waals surface area (Å²) < 4.78 is 2.28. The average molecular weight is 343 g/mol. The van der Waals surface area contributed by atoms with Crippen LogP contribution in [0.25, 0.3) is 21.8 Å². The fourth-order valence-electron chi connectivity index (χ4n) is 2.96. The minimum atomic E-state index is 1.10. The second kappa shape index (κ2) is 6.91. The number of para-hydroxylation sites is 1. The van der Waals surface area contributed by atoms with Crippen LogP contribution in [-0.4, -0.2) is 0 Å². The van der Waals surface area contributed by atoms with Crippen molar-refractivity contribution in [2.75, 3.05) is 5.32 Å². The van der Waals surface area contributed by atoms with Crippen LogP contribution in [-0.2, 0) is 7.05 Å². The molecule has 0 aliphatic rings. The van der Waals surface area contributed by atoms with Gasteiger partial charge in [0, 0.05) is 11.3 Å². The van der Waals surface area contributed by atoms with Gasteiger partial charge in [-0.05, 0) is 47.7 Å². The van der Waals surface area contributed by atoms with Crippen molar-refractivity contribution < 1.29 is 4.57 Å². The first-order chi connectivity index (χ1) is 12.3. The average Bonchev–Trinajstić information content (AvgIpc) is 3.00. The summed E-state index contributed by atoms with van der Waals surface area (Å²) in [4.78, 5) is 0. The van der Waals surface area contributed by atoms with Gasteiger partial charge in [-0.25, -0.2) is 0 Å². The van der Waals surface area contributed by atoms with E-state index in [1.165, 1.54) is 21.8 Å². The number of benzene rings is 3. The number of hydrogen-bond acceptors (Lipinski definition) is 2. The predicted octanol–water partition coefficient (Wildman–Crippen LogP) is 5.65. The summed E-state index contributed by atoms with van der Waals surface area (Å²) in [5.41, 5.74) is 4.74. The van der Waals surface area contributed by atoms with Crippen molar-refractivity contribution in [2.45, 2.75) is 0 Å². The van der Waals surface area contributed by atoms with Gasteiger partial charge in [-0.15, -0.1) is 0 Å². The second-order valence-electron chi connectivity index (χ2n) is 5.87. The maximum absolute atomic E-state index is 3.60. The van der Waals surface area contributed by atoms with Crippen LogP contribution < -0.4 is 9.88 Å². The molecule has 0 bridgehead atoms. The highest BCUT2D eigenvalue weighted by Gasteiger charge is 2.26. The van der Waals surface area contributed by atoms with E-state index < -0.39 is 0 Å². The molecule has 3 heteroatoms. The Bertz CT molecular complexity index is 961. The van der Waals surface area contributed by atoms with Crippen LogP contribution in [0, 0.1) is 0 Å². The molecule has 0 fully saturated rings. The number of anilines is 2. The summed E-state index contributed by atoms with van der Waals surface area (Å²) in [6.07, 6.45) is 0. The van der Waals surface area contributed by atoms with E-state index >= 15 is 0 Å². The van der Waals surface area contributed by atoms with Gasteiger partial charge in [0.25, 0.3) is 5.01 Å². The first-order valence-electron chi connectivity index (χ1n) is 8.28. The van der Waals surface area contributed by atoms with E-state index in [0.717, 1.165) is 10.7 Å². The molecule has 3 aromatic carbocycles. The molecular formula is C22H19N2S+. The third-order valence-corrected chi connectivity index (χ3v) is 5.36. The standard InChI is InChI=1S/C22H19N2S/c1-24-20(17-11-5-2-6-12-17)21(23-19-15-9-4-10-16-19)25-22(24)18-13-7-3-8-14-18/h2-16,23H,1H3/q+1. The molecule has 1 heterocycles. The lowest BCUT2D eigenvalue weighted by Crippen LogP contribution is -2.30. The Morgan fingerprint density at radius 2 is 1.20 bits per heavy atom. The smallest absolute Gasteiger partial charge is 0.271 e. The maximum atomic E-state index is 3.60. The van der Waals surface area contributed by atoms with Gasteiger partial charge in [-0.1, -0.05) is 54.6 Å². The molecule has 1 aromatic heterocycles. The number of hydrogen-bond donors (Lipinski definition) is 1. The predicted molar refractivity (Wildman–Crippen MR) is 106 cm³/mol. The molecule has 2 nitrogen and oxygen atoms in total. The molecule has 0 amide bonds. The Hall–Kier alpha value is -2.91. The largest absolute Gasteiger partial charge is 0.342 e. The number of aromatic nitrogens is 1. The van der Waals surface area contributed by atoms with Gasteiger partial charge in [0.1, 0.15) is 7.05 Å². The van der Waals surface area contributed by atoms with E-state index in [-0.39, 0.29) is 0 Å². The van der Waals surface area contributed by atoms with E-state index in [2.05, 4.69) is 102 Å². The van der Waals surface area contributed by atoms with Gasteiger partial charge in [-0.2, -0.15) is 4.57 Å². The van der Waals surface area contributed by atoms with Crippen LogP contribution in [0.5, 0.6) is 0 Å². The van der Waals surface area contributed by atoms with Gasteiger partial charge in [0.2, 0.25) is 5.69 Å². The van der Waals surface area contributed by atoms with Crippen LogP contribution in [0.4, 0.5) is 10.7 Å². The summed E-state index contributed by atoms with van der Waals surface area (Å²) >= 11 is 1.78. The van der Waals surface area contributed by atoms with Crippen molar-refractivity contribution >= 4 is 22.0 Å². The van der Waals surface area contributed by atoms with Crippen LogP contribution >= 0.6 is 11.3 Å². The molecule has 4 aromatic rings. The highest BCUT2D eigenvalue weighted by molar-refractivity contribution is 7.19. The summed E-state index contributed by atoms with van der Waals surface area (Å²) in [5, 5.41) is 5.99. The minimum absolute atomic E-state index is 1.10. The molecule has 1 N–H and O–H groups in total.